The quantitative estimate of drug-likeness (QED) is 0.710. The second-order valence-corrected chi connectivity index (χ2v) is 7.50. The molecule has 0 heterocycles. The number of benzene rings is 2. The summed E-state index contributed by atoms with van der Waals surface area (Å²) in [5.74, 6) is 1.60. The van der Waals surface area contributed by atoms with Crippen molar-refractivity contribution in [1.29, 1.82) is 0 Å². The fourth-order valence-corrected chi connectivity index (χ4v) is 3.66. The average molecular weight is 321 g/mol. The van der Waals surface area contributed by atoms with E-state index in [-0.39, 0.29) is 0 Å². The number of phenolic OH excluding ortho intramolecular Hbond substituents is 1. The minimum Gasteiger partial charge on any atom is -0.507 e. The van der Waals surface area contributed by atoms with Crippen molar-refractivity contribution < 1.29 is 5.11 Å². The molecule has 2 heteroatoms. The average Bonchev–Trinajstić information content (AvgIpc) is 2.84. The molecule has 3 rings (SSSR count). The Hall–Kier alpha value is -2.09. The molecule has 1 unspecified atom stereocenters. The van der Waals surface area contributed by atoms with Gasteiger partial charge in [0.05, 0.1) is 11.4 Å². The number of aromatic hydroxyl groups is 1. The van der Waals surface area contributed by atoms with Crippen molar-refractivity contribution in [2.24, 2.45) is 4.99 Å². The van der Waals surface area contributed by atoms with Gasteiger partial charge in [-0.1, -0.05) is 65.0 Å². The molecule has 2 aromatic carbocycles. The predicted molar refractivity (Wildman–Crippen MR) is 102 cm³/mol. The monoisotopic (exact) mass is 321 g/mol. The molecular weight excluding hydrogens is 294 g/mol. The molecule has 0 spiro atoms. The third-order valence-corrected chi connectivity index (χ3v) is 4.98. The molecule has 2 aromatic rings. The Bertz CT molecular complexity index is 760. The van der Waals surface area contributed by atoms with Crippen molar-refractivity contribution in [2.45, 2.75) is 58.8 Å². The van der Waals surface area contributed by atoms with E-state index in [1.54, 1.807) is 6.07 Å². The number of hydrogen-bond acceptors (Lipinski definition) is 2. The van der Waals surface area contributed by atoms with E-state index in [0.717, 1.165) is 23.4 Å². The summed E-state index contributed by atoms with van der Waals surface area (Å²) in [6.07, 6.45) is 0.886. The number of rotatable bonds is 3. The van der Waals surface area contributed by atoms with Gasteiger partial charge in [-0.15, -0.1) is 0 Å². The molecule has 126 valence electrons. The van der Waals surface area contributed by atoms with E-state index in [1.165, 1.54) is 16.7 Å². The van der Waals surface area contributed by atoms with Gasteiger partial charge >= 0.3 is 0 Å². The zero-order valence-corrected chi connectivity index (χ0v) is 15.3. The van der Waals surface area contributed by atoms with Gasteiger partial charge in [-0.25, -0.2) is 0 Å². The second-order valence-electron chi connectivity index (χ2n) is 7.50. The lowest BCUT2D eigenvalue weighted by Gasteiger charge is -2.17. The number of hydrogen-bond donors (Lipinski definition) is 1. The Labute approximate surface area is 145 Å². The van der Waals surface area contributed by atoms with E-state index in [1.807, 2.05) is 6.07 Å². The van der Waals surface area contributed by atoms with Crippen LogP contribution in [0.15, 0.2) is 41.4 Å². The van der Waals surface area contributed by atoms with Crippen molar-refractivity contribution in [3.63, 3.8) is 0 Å². The normalized spacial score (nSPS) is 18.6. The van der Waals surface area contributed by atoms with Gasteiger partial charge in [0.15, 0.2) is 0 Å². The first-order valence-electron chi connectivity index (χ1n) is 8.92. The smallest absolute Gasteiger partial charge is 0.124 e. The van der Waals surface area contributed by atoms with Crippen LogP contribution in [0, 0.1) is 0 Å². The van der Waals surface area contributed by atoms with Gasteiger partial charge in [0.2, 0.25) is 0 Å². The predicted octanol–water partition coefficient (Wildman–Crippen LogP) is 6.27. The fraction of sp³-hybridized carbons (Fsp3) is 0.409. The molecule has 0 amide bonds. The first kappa shape index (κ1) is 16.8. The summed E-state index contributed by atoms with van der Waals surface area (Å²) in [6.45, 7) is 11.1. The first-order valence-corrected chi connectivity index (χ1v) is 8.92. The molecule has 1 atom stereocenters. The van der Waals surface area contributed by atoms with Crippen LogP contribution >= 0.6 is 0 Å². The molecule has 0 aromatic heterocycles. The van der Waals surface area contributed by atoms with Gasteiger partial charge in [-0.05, 0) is 46.9 Å². The summed E-state index contributed by atoms with van der Waals surface area (Å²) in [7, 11) is 0. The SMILES string of the molecule is CC(C)c1cccc(C(C)C)c1N=C1CC(C)c2cccc(O)c21. The molecule has 0 radical (unpaired) electrons. The molecule has 2 nitrogen and oxygen atoms in total. The van der Waals surface area contributed by atoms with Crippen LogP contribution in [0.2, 0.25) is 0 Å². The van der Waals surface area contributed by atoms with Crippen LogP contribution in [0.25, 0.3) is 0 Å². The van der Waals surface area contributed by atoms with Crippen molar-refractivity contribution in [1.82, 2.24) is 0 Å². The van der Waals surface area contributed by atoms with Crippen LogP contribution in [0.4, 0.5) is 5.69 Å². The lowest BCUT2D eigenvalue weighted by Crippen LogP contribution is -2.00. The number of aliphatic imine (C=N–C) groups is 1. The van der Waals surface area contributed by atoms with Gasteiger partial charge in [0, 0.05) is 5.56 Å². The van der Waals surface area contributed by atoms with E-state index >= 15 is 0 Å². The first-order chi connectivity index (χ1) is 11.4. The Morgan fingerprint density at radius 3 is 2.12 bits per heavy atom. The van der Waals surface area contributed by atoms with E-state index in [4.69, 9.17) is 4.99 Å². The highest BCUT2D eigenvalue weighted by molar-refractivity contribution is 6.08. The maximum atomic E-state index is 10.4. The number of nitrogens with zero attached hydrogens (tertiary/aromatic N) is 1. The molecule has 0 fully saturated rings. The summed E-state index contributed by atoms with van der Waals surface area (Å²) < 4.78 is 0. The van der Waals surface area contributed by atoms with Crippen molar-refractivity contribution >= 4 is 11.4 Å². The summed E-state index contributed by atoms with van der Waals surface area (Å²) in [6, 6.07) is 12.3. The molecule has 1 aliphatic carbocycles. The van der Waals surface area contributed by atoms with E-state index in [9.17, 15) is 5.11 Å². The number of fused-ring (bicyclic) bond motifs is 1. The third-order valence-electron chi connectivity index (χ3n) is 4.98. The van der Waals surface area contributed by atoms with Gasteiger partial charge in [-0.2, -0.15) is 0 Å². The minimum absolute atomic E-state index is 0.351. The van der Waals surface area contributed by atoms with Crippen molar-refractivity contribution in [3.05, 3.63) is 58.7 Å². The Kier molecular flexibility index (Phi) is 4.49. The summed E-state index contributed by atoms with van der Waals surface area (Å²) in [4.78, 5) is 5.11. The lowest BCUT2D eigenvalue weighted by atomic mass is 9.92. The maximum Gasteiger partial charge on any atom is 0.124 e. The highest BCUT2D eigenvalue weighted by Crippen LogP contribution is 2.41. The van der Waals surface area contributed by atoms with Crippen LogP contribution in [0.1, 0.15) is 81.0 Å². The molecule has 1 N–H and O–H groups in total. The number of phenols is 1. The van der Waals surface area contributed by atoms with Crippen molar-refractivity contribution in [2.75, 3.05) is 0 Å². The number of para-hydroxylation sites is 1. The fourth-order valence-electron chi connectivity index (χ4n) is 3.66. The topological polar surface area (TPSA) is 32.6 Å². The van der Waals surface area contributed by atoms with Gasteiger partial charge in [0.25, 0.3) is 0 Å². The molecule has 0 saturated heterocycles. The van der Waals surface area contributed by atoms with Crippen LogP contribution in [0.5, 0.6) is 5.75 Å². The summed E-state index contributed by atoms with van der Waals surface area (Å²) in [5.41, 5.74) is 6.84. The van der Waals surface area contributed by atoms with Gasteiger partial charge in [0.1, 0.15) is 5.75 Å². The standard InChI is InChI=1S/C22H27NO/c1-13(2)16-8-6-9-17(14(3)4)22(16)23-19-12-15(5)18-10-7-11-20(24)21(18)19/h6-11,13-15,24H,12H2,1-5H3. The molecule has 0 saturated carbocycles. The van der Waals surface area contributed by atoms with Crippen LogP contribution < -0.4 is 0 Å². The van der Waals surface area contributed by atoms with Gasteiger partial charge < -0.3 is 5.11 Å². The highest BCUT2D eigenvalue weighted by atomic mass is 16.3. The maximum absolute atomic E-state index is 10.4. The Morgan fingerprint density at radius 1 is 0.958 bits per heavy atom. The van der Waals surface area contributed by atoms with E-state index in [0.29, 0.717) is 23.5 Å². The van der Waals surface area contributed by atoms with Crippen molar-refractivity contribution in [3.8, 4) is 5.75 Å². The highest BCUT2D eigenvalue weighted by Gasteiger charge is 2.28. The molecule has 1 aliphatic rings. The molecule has 0 bridgehead atoms. The Morgan fingerprint density at radius 2 is 1.54 bits per heavy atom. The summed E-state index contributed by atoms with van der Waals surface area (Å²) >= 11 is 0. The zero-order chi connectivity index (χ0) is 17.4. The Balaban J connectivity index is 2.21. The molecule has 24 heavy (non-hydrogen) atoms. The van der Waals surface area contributed by atoms with Crippen LogP contribution in [-0.4, -0.2) is 10.8 Å². The van der Waals surface area contributed by atoms with E-state index < -0.39 is 0 Å². The molecular formula is C22H27NO. The molecule has 0 aliphatic heterocycles. The largest absolute Gasteiger partial charge is 0.507 e. The minimum atomic E-state index is 0.351. The van der Waals surface area contributed by atoms with Crippen LogP contribution in [-0.2, 0) is 0 Å². The lowest BCUT2D eigenvalue weighted by molar-refractivity contribution is 0.474. The zero-order valence-electron chi connectivity index (χ0n) is 15.3. The van der Waals surface area contributed by atoms with E-state index in [2.05, 4.69) is 58.9 Å². The van der Waals surface area contributed by atoms with Gasteiger partial charge in [-0.3, -0.25) is 4.99 Å². The third kappa shape index (κ3) is 2.86. The van der Waals surface area contributed by atoms with Crippen LogP contribution in [0.3, 0.4) is 0 Å². The summed E-state index contributed by atoms with van der Waals surface area (Å²) in [5, 5.41) is 10.4. The second kappa shape index (κ2) is 6.43.